The van der Waals surface area contributed by atoms with Crippen LogP contribution in [0.3, 0.4) is 0 Å². The maximum Gasteiger partial charge on any atom is 0.148 e. The first-order valence-electron chi connectivity index (χ1n) is 6.45. The van der Waals surface area contributed by atoms with Gasteiger partial charge in [0.25, 0.3) is 0 Å². The van der Waals surface area contributed by atoms with Crippen LogP contribution in [0, 0.1) is 6.92 Å². The van der Waals surface area contributed by atoms with Crippen LogP contribution in [0.4, 0.5) is 0 Å². The van der Waals surface area contributed by atoms with Crippen LogP contribution in [0.2, 0.25) is 5.02 Å². The lowest BCUT2D eigenvalue weighted by Crippen LogP contribution is -2.18. The maximum atomic E-state index is 6.05. The summed E-state index contributed by atoms with van der Waals surface area (Å²) in [5.41, 5.74) is 2.24. The number of halogens is 1. The summed E-state index contributed by atoms with van der Waals surface area (Å²) < 4.78 is 0. The average molecular weight is 296 g/mol. The summed E-state index contributed by atoms with van der Waals surface area (Å²) in [6.07, 6.45) is 1.11. The van der Waals surface area contributed by atoms with Gasteiger partial charge in [0.05, 0.1) is 6.04 Å². The molecule has 19 heavy (non-hydrogen) atoms. The molecule has 1 N–H and O–H groups in total. The highest BCUT2D eigenvalue weighted by molar-refractivity contribution is 7.14. The topological polar surface area (TPSA) is 37.8 Å². The van der Waals surface area contributed by atoms with Crippen LogP contribution in [0.15, 0.2) is 18.2 Å². The normalized spacial score (nSPS) is 12.6. The molecule has 2 aromatic rings. The number of benzene rings is 1. The largest absolute Gasteiger partial charge is 0.308 e. The van der Waals surface area contributed by atoms with Gasteiger partial charge in [-0.25, -0.2) is 0 Å². The van der Waals surface area contributed by atoms with Gasteiger partial charge in [0.1, 0.15) is 10.0 Å². The summed E-state index contributed by atoms with van der Waals surface area (Å²) >= 11 is 7.67. The van der Waals surface area contributed by atoms with Gasteiger partial charge >= 0.3 is 0 Å². The molecule has 1 aromatic heterocycles. The van der Waals surface area contributed by atoms with Gasteiger partial charge in [-0.3, -0.25) is 0 Å². The van der Waals surface area contributed by atoms with Crippen molar-refractivity contribution in [2.24, 2.45) is 0 Å². The molecule has 0 aliphatic carbocycles. The Morgan fingerprint density at radius 2 is 2.16 bits per heavy atom. The fourth-order valence-electron chi connectivity index (χ4n) is 1.79. The Labute approximate surface area is 123 Å². The van der Waals surface area contributed by atoms with Gasteiger partial charge in [0.15, 0.2) is 0 Å². The van der Waals surface area contributed by atoms with Gasteiger partial charge in [-0.15, -0.1) is 10.2 Å². The average Bonchev–Trinajstić information content (AvgIpc) is 2.88. The van der Waals surface area contributed by atoms with Crippen LogP contribution in [-0.2, 0) is 0 Å². The molecule has 5 heteroatoms. The molecule has 1 heterocycles. The number of hydrogen-bond donors (Lipinski definition) is 1. The lowest BCUT2D eigenvalue weighted by atomic mass is 10.1. The van der Waals surface area contributed by atoms with Crippen molar-refractivity contribution in [2.75, 3.05) is 6.54 Å². The second kappa shape index (κ2) is 6.46. The van der Waals surface area contributed by atoms with Gasteiger partial charge in [-0.05, 0) is 44.5 Å². The van der Waals surface area contributed by atoms with E-state index in [1.165, 1.54) is 5.56 Å². The molecule has 0 fully saturated rings. The molecule has 0 bridgehead atoms. The van der Waals surface area contributed by atoms with Crippen molar-refractivity contribution in [2.45, 2.75) is 33.2 Å². The first-order valence-corrected chi connectivity index (χ1v) is 7.64. The second-order valence-corrected chi connectivity index (χ2v) is 6.03. The number of nitrogens with one attached hydrogen (secondary N) is 1. The Hall–Kier alpha value is -0.970. The molecule has 1 atom stereocenters. The van der Waals surface area contributed by atoms with Crippen LogP contribution in [-0.4, -0.2) is 16.7 Å². The second-order valence-electron chi connectivity index (χ2n) is 4.58. The fourth-order valence-corrected chi connectivity index (χ4v) is 2.91. The standard InChI is InChI=1S/C14H18ClN3S/c1-4-7-16-10(3)13-17-18-14(19-13)12-8-11(15)6-5-9(12)2/h5-6,8,10,16H,4,7H2,1-3H3. The highest BCUT2D eigenvalue weighted by atomic mass is 35.5. The van der Waals surface area contributed by atoms with E-state index in [2.05, 4.69) is 36.3 Å². The first kappa shape index (κ1) is 14.4. The Bertz CT molecular complexity index is 553. The van der Waals surface area contributed by atoms with Crippen molar-refractivity contribution in [1.29, 1.82) is 0 Å². The highest BCUT2D eigenvalue weighted by Gasteiger charge is 2.13. The molecule has 3 nitrogen and oxygen atoms in total. The fraction of sp³-hybridized carbons (Fsp3) is 0.429. The van der Waals surface area contributed by atoms with E-state index >= 15 is 0 Å². The van der Waals surface area contributed by atoms with Crippen molar-refractivity contribution >= 4 is 22.9 Å². The Balaban J connectivity index is 2.23. The predicted molar refractivity (Wildman–Crippen MR) is 81.8 cm³/mol. The van der Waals surface area contributed by atoms with E-state index in [9.17, 15) is 0 Å². The zero-order valence-corrected chi connectivity index (χ0v) is 13.0. The van der Waals surface area contributed by atoms with Crippen molar-refractivity contribution in [3.8, 4) is 10.6 Å². The van der Waals surface area contributed by atoms with E-state index in [0.717, 1.165) is 33.6 Å². The quantitative estimate of drug-likeness (QED) is 0.897. The smallest absolute Gasteiger partial charge is 0.148 e. The molecular weight excluding hydrogens is 278 g/mol. The molecule has 0 saturated carbocycles. The maximum absolute atomic E-state index is 6.05. The summed E-state index contributed by atoms with van der Waals surface area (Å²) in [5.74, 6) is 0. The Morgan fingerprint density at radius 3 is 2.89 bits per heavy atom. The summed E-state index contributed by atoms with van der Waals surface area (Å²) in [5, 5.41) is 14.7. The van der Waals surface area contributed by atoms with E-state index in [1.807, 2.05) is 18.2 Å². The van der Waals surface area contributed by atoms with E-state index in [1.54, 1.807) is 11.3 Å². The lowest BCUT2D eigenvalue weighted by Gasteiger charge is -2.08. The summed E-state index contributed by atoms with van der Waals surface area (Å²) in [7, 11) is 0. The van der Waals surface area contributed by atoms with Gasteiger partial charge in [0, 0.05) is 10.6 Å². The minimum absolute atomic E-state index is 0.241. The number of aromatic nitrogens is 2. The van der Waals surface area contributed by atoms with Crippen LogP contribution >= 0.6 is 22.9 Å². The van der Waals surface area contributed by atoms with Crippen molar-refractivity contribution in [3.05, 3.63) is 33.8 Å². The first-order chi connectivity index (χ1) is 9.11. The predicted octanol–water partition coefficient (Wildman–Crippen LogP) is 4.23. The van der Waals surface area contributed by atoms with Gasteiger partial charge in [0.2, 0.25) is 0 Å². The SMILES string of the molecule is CCCNC(C)c1nnc(-c2cc(Cl)ccc2C)s1. The molecule has 102 valence electrons. The van der Waals surface area contributed by atoms with Crippen LogP contribution in [0.1, 0.15) is 36.9 Å². The van der Waals surface area contributed by atoms with Crippen molar-refractivity contribution in [1.82, 2.24) is 15.5 Å². The van der Waals surface area contributed by atoms with Crippen LogP contribution in [0.25, 0.3) is 10.6 Å². The lowest BCUT2D eigenvalue weighted by molar-refractivity contribution is 0.564. The van der Waals surface area contributed by atoms with Crippen LogP contribution in [0.5, 0.6) is 0 Å². The molecule has 0 aliphatic heterocycles. The van der Waals surface area contributed by atoms with E-state index in [0.29, 0.717) is 0 Å². The van der Waals surface area contributed by atoms with Crippen molar-refractivity contribution < 1.29 is 0 Å². The number of rotatable bonds is 5. The minimum atomic E-state index is 0.241. The van der Waals surface area contributed by atoms with Crippen molar-refractivity contribution in [3.63, 3.8) is 0 Å². The molecular formula is C14H18ClN3S. The molecule has 0 spiro atoms. The zero-order chi connectivity index (χ0) is 13.8. The van der Waals surface area contributed by atoms with Crippen LogP contribution < -0.4 is 5.32 Å². The third-order valence-electron chi connectivity index (χ3n) is 2.94. The zero-order valence-electron chi connectivity index (χ0n) is 11.4. The molecule has 1 aromatic carbocycles. The molecule has 1 unspecified atom stereocenters. The summed E-state index contributed by atoms with van der Waals surface area (Å²) in [6, 6.07) is 6.10. The van der Waals surface area contributed by atoms with Gasteiger partial charge < -0.3 is 5.32 Å². The molecule has 0 amide bonds. The number of nitrogens with zero attached hydrogens (tertiary/aromatic N) is 2. The summed E-state index contributed by atoms with van der Waals surface area (Å²) in [6.45, 7) is 7.32. The molecule has 0 radical (unpaired) electrons. The molecule has 0 saturated heterocycles. The monoisotopic (exact) mass is 295 g/mol. The Kier molecular flexibility index (Phi) is 4.91. The van der Waals surface area contributed by atoms with E-state index < -0.39 is 0 Å². The minimum Gasteiger partial charge on any atom is -0.308 e. The third-order valence-corrected chi connectivity index (χ3v) is 4.32. The third kappa shape index (κ3) is 3.53. The van der Waals surface area contributed by atoms with Gasteiger partial charge in [-0.1, -0.05) is 35.9 Å². The van der Waals surface area contributed by atoms with E-state index in [-0.39, 0.29) is 6.04 Å². The molecule has 2 rings (SSSR count). The highest BCUT2D eigenvalue weighted by Crippen LogP contribution is 2.30. The number of hydrogen-bond acceptors (Lipinski definition) is 4. The van der Waals surface area contributed by atoms with Gasteiger partial charge in [-0.2, -0.15) is 0 Å². The summed E-state index contributed by atoms with van der Waals surface area (Å²) in [4.78, 5) is 0. The van der Waals surface area contributed by atoms with E-state index in [4.69, 9.17) is 11.6 Å². The number of aryl methyl sites for hydroxylation is 1. The Morgan fingerprint density at radius 1 is 1.37 bits per heavy atom. The molecule has 0 aliphatic rings.